The summed E-state index contributed by atoms with van der Waals surface area (Å²) in [5, 5.41) is 14.6. The number of amides is 1. The smallest absolute Gasteiger partial charge is 0.308 e. The number of hydrogen-bond acceptors (Lipinski definition) is 3. The van der Waals surface area contributed by atoms with Crippen molar-refractivity contribution in [2.24, 2.45) is 11.3 Å². The van der Waals surface area contributed by atoms with E-state index in [1.54, 1.807) is 6.92 Å². The number of carboxylic acid groups (broad SMARTS) is 1. The molecular weight excluding hydrogens is 208 g/mol. The molecule has 5 nitrogen and oxygen atoms in total. The summed E-state index contributed by atoms with van der Waals surface area (Å²) in [5.41, 5.74) is -0.344. The Bertz CT molecular complexity index is 272. The lowest BCUT2D eigenvalue weighted by atomic mass is 9.80. The average Bonchev–Trinajstić information content (AvgIpc) is 2.26. The second kappa shape index (κ2) is 5.30. The lowest BCUT2D eigenvalue weighted by Gasteiger charge is -2.32. The van der Waals surface area contributed by atoms with Crippen molar-refractivity contribution < 1.29 is 14.7 Å². The Morgan fingerprint density at radius 2 is 2.00 bits per heavy atom. The third-order valence-corrected chi connectivity index (χ3v) is 3.25. The number of carbonyl (C=O) groups excluding carboxylic acids is 1. The summed E-state index contributed by atoms with van der Waals surface area (Å²) in [6.07, 6.45) is 1.61. The van der Waals surface area contributed by atoms with Crippen molar-refractivity contribution in [3.63, 3.8) is 0 Å². The van der Waals surface area contributed by atoms with Gasteiger partial charge in [0, 0.05) is 12.0 Å². The van der Waals surface area contributed by atoms with E-state index in [1.807, 2.05) is 6.92 Å². The molecule has 0 aromatic carbocycles. The molecule has 0 aromatic rings. The zero-order valence-corrected chi connectivity index (χ0v) is 9.88. The second-order valence-corrected chi connectivity index (χ2v) is 4.76. The Balaban J connectivity index is 2.42. The molecule has 92 valence electrons. The normalized spacial score (nSPS) is 21.1. The van der Waals surface area contributed by atoms with Gasteiger partial charge in [-0.05, 0) is 25.9 Å². The van der Waals surface area contributed by atoms with Crippen LogP contribution in [0.25, 0.3) is 0 Å². The van der Waals surface area contributed by atoms with Crippen molar-refractivity contribution in [1.82, 2.24) is 10.6 Å². The van der Waals surface area contributed by atoms with Crippen LogP contribution in [-0.2, 0) is 9.59 Å². The van der Waals surface area contributed by atoms with E-state index in [2.05, 4.69) is 10.6 Å². The van der Waals surface area contributed by atoms with Crippen molar-refractivity contribution in [1.29, 1.82) is 0 Å². The standard InChI is InChI=1S/C11H20N2O3/c1-8(9(14)15)7-13-10(16)11(2)3-5-12-6-4-11/h8,12H,3-7H2,1-2H3,(H,13,16)(H,14,15). The van der Waals surface area contributed by atoms with Gasteiger partial charge < -0.3 is 15.7 Å². The minimum absolute atomic E-state index is 0.0258. The van der Waals surface area contributed by atoms with Gasteiger partial charge in [0.25, 0.3) is 0 Å². The molecule has 0 radical (unpaired) electrons. The summed E-state index contributed by atoms with van der Waals surface area (Å²) >= 11 is 0. The highest BCUT2D eigenvalue weighted by Crippen LogP contribution is 2.27. The Hall–Kier alpha value is -1.10. The molecule has 1 aliphatic rings. The van der Waals surface area contributed by atoms with Crippen LogP contribution in [0.1, 0.15) is 26.7 Å². The number of carbonyl (C=O) groups is 2. The van der Waals surface area contributed by atoms with Gasteiger partial charge in [-0.15, -0.1) is 0 Å². The summed E-state index contributed by atoms with van der Waals surface area (Å²) < 4.78 is 0. The zero-order valence-electron chi connectivity index (χ0n) is 9.88. The van der Waals surface area contributed by atoms with E-state index in [0.717, 1.165) is 25.9 Å². The largest absolute Gasteiger partial charge is 0.481 e. The van der Waals surface area contributed by atoms with Gasteiger partial charge in [-0.3, -0.25) is 9.59 Å². The maximum Gasteiger partial charge on any atom is 0.308 e. The lowest BCUT2D eigenvalue weighted by molar-refractivity contribution is -0.141. The molecule has 0 aromatic heterocycles. The highest BCUT2D eigenvalue weighted by molar-refractivity contribution is 5.83. The fourth-order valence-electron chi connectivity index (χ4n) is 1.75. The van der Waals surface area contributed by atoms with Gasteiger partial charge in [0.05, 0.1) is 5.92 Å². The van der Waals surface area contributed by atoms with Gasteiger partial charge in [-0.25, -0.2) is 0 Å². The summed E-state index contributed by atoms with van der Waals surface area (Å²) in [7, 11) is 0. The minimum Gasteiger partial charge on any atom is -0.481 e. The van der Waals surface area contributed by atoms with Crippen LogP contribution in [0.2, 0.25) is 0 Å². The molecule has 1 atom stereocenters. The predicted octanol–water partition coefficient (Wildman–Crippen LogP) is 0.213. The van der Waals surface area contributed by atoms with E-state index >= 15 is 0 Å². The summed E-state index contributed by atoms with van der Waals surface area (Å²) in [4.78, 5) is 22.5. The van der Waals surface area contributed by atoms with Crippen LogP contribution in [0.3, 0.4) is 0 Å². The van der Waals surface area contributed by atoms with Crippen molar-refractivity contribution in [3.8, 4) is 0 Å². The maximum absolute atomic E-state index is 11.9. The van der Waals surface area contributed by atoms with E-state index < -0.39 is 11.9 Å². The molecular formula is C11H20N2O3. The van der Waals surface area contributed by atoms with Crippen LogP contribution in [0, 0.1) is 11.3 Å². The molecule has 0 bridgehead atoms. The van der Waals surface area contributed by atoms with E-state index in [4.69, 9.17) is 5.11 Å². The fourth-order valence-corrected chi connectivity index (χ4v) is 1.75. The van der Waals surface area contributed by atoms with Gasteiger partial charge in [0.2, 0.25) is 5.91 Å². The molecule has 0 saturated carbocycles. The first-order valence-corrected chi connectivity index (χ1v) is 5.67. The summed E-state index contributed by atoms with van der Waals surface area (Å²) in [5.74, 6) is -1.44. The highest BCUT2D eigenvalue weighted by atomic mass is 16.4. The molecule has 5 heteroatoms. The molecule has 1 unspecified atom stereocenters. The van der Waals surface area contributed by atoms with E-state index in [-0.39, 0.29) is 17.9 Å². The van der Waals surface area contributed by atoms with Crippen molar-refractivity contribution in [2.45, 2.75) is 26.7 Å². The van der Waals surface area contributed by atoms with Crippen LogP contribution in [0.15, 0.2) is 0 Å². The SMILES string of the molecule is CC(CNC(=O)C1(C)CCNCC1)C(=O)O. The Kier molecular flexibility index (Phi) is 4.29. The molecule has 3 N–H and O–H groups in total. The molecule has 0 spiro atoms. The molecule has 16 heavy (non-hydrogen) atoms. The van der Waals surface area contributed by atoms with Gasteiger partial charge >= 0.3 is 5.97 Å². The molecule has 1 saturated heterocycles. The van der Waals surface area contributed by atoms with Crippen LogP contribution >= 0.6 is 0 Å². The lowest BCUT2D eigenvalue weighted by Crippen LogP contribution is -2.47. The van der Waals surface area contributed by atoms with E-state index in [9.17, 15) is 9.59 Å². The van der Waals surface area contributed by atoms with Crippen molar-refractivity contribution >= 4 is 11.9 Å². The third-order valence-electron chi connectivity index (χ3n) is 3.25. The van der Waals surface area contributed by atoms with Gasteiger partial charge in [0.15, 0.2) is 0 Å². The monoisotopic (exact) mass is 228 g/mol. The Labute approximate surface area is 95.6 Å². The zero-order chi connectivity index (χ0) is 12.2. The van der Waals surface area contributed by atoms with Gasteiger partial charge in [-0.1, -0.05) is 13.8 Å². The molecule has 1 heterocycles. The minimum atomic E-state index is -0.879. The Morgan fingerprint density at radius 1 is 1.44 bits per heavy atom. The number of aliphatic carboxylic acids is 1. The van der Waals surface area contributed by atoms with Crippen molar-refractivity contribution in [3.05, 3.63) is 0 Å². The first kappa shape index (κ1) is 13.0. The van der Waals surface area contributed by atoms with E-state index in [1.165, 1.54) is 0 Å². The number of hydrogen-bond donors (Lipinski definition) is 3. The molecule has 1 rings (SSSR count). The van der Waals surface area contributed by atoms with Crippen LogP contribution in [-0.4, -0.2) is 36.6 Å². The maximum atomic E-state index is 11.9. The predicted molar refractivity (Wildman–Crippen MR) is 60.0 cm³/mol. The molecule has 1 fully saturated rings. The molecule has 1 aliphatic heterocycles. The second-order valence-electron chi connectivity index (χ2n) is 4.76. The number of nitrogens with one attached hydrogen (secondary N) is 2. The average molecular weight is 228 g/mol. The number of rotatable bonds is 4. The number of piperidine rings is 1. The third kappa shape index (κ3) is 3.20. The van der Waals surface area contributed by atoms with Crippen LogP contribution in [0.4, 0.5) is 0 Å². The summed E-state index contributed by atoms with van der Waals surface area (Å²) in [6.45, 7) is 5.43. The Morgan fingerprint density at radius 3 is 2.50 bits per heavy atom. The van der Waals surface area contributed by atoms with Crippen LogP contribution in [0.5, 0.6) is 0 Å². The number of carboxylic acids is 1. The molecule has 1 amide bonds. The fraction of sp³-hybridized carbons (Fsp3) is 0.818. The van der Waals surface area contributed by atoms with Crippen molar-refractivity contribution in [2.75, 3.05) is 19.6 Å². The first-order valence-electron chi connectivity index (χ1n) is 5.67. The van der Waals surface area contributed by atoms with Gasteiger partial charge in [-0.2, -0.15) is 0 Å². The summed E-state index contributed by atoms with van der Waals surface area (Å²) in [6, 6.07) is 0. The van der Waals surface area contributed by atoms with Gasteiger partial charge in [0.1, 0.15) is 0 Å². The highest BCUT2D eigenvalue weighted by Gasteiger charge is 2.34. The molecule has 0 aliphatic carbocycles. The van der Waals surface area contributed by atoms with E-state index in [0.29, 0.717) is 0 Å². The quantitative estimate of drug-likeness (QED) is 0.643. The van der Waals surface area contributed by atoms with Crippen LogP contribution < -0.4 is 10.6 Å². The topological polar surface area (TPSA) is 78.4 Å². The first-order chi connectivity index (χ1) is 7.46.